The Hall–Kier alpha value is -1.09. The molecule has 0 radical (unpaired) electrons. The summed E-state index contributed by atoms with van der Waals surface area (Å²) in [6.45, 7) is 3.32. The van der Waals surface area contributed by atoms with Gasteiger partial charge in [0.2, 0.25) is 0 Å². The molecular formula is C10H10ClFO2. The van der Waals surface area contributed by atoms with Crippen LogP contribution in [0.2, 0.25) is 5.02 Å². The zero-order valence-corrected chi connectivity index (χ0v) is 8.69. The molecular weight excluding hydrogens is 207 g/mol. The maximum atomic E-state index is 13.5. The maximum absolute atomic E-state index is 13.5. The number of ketones is 1. The molecule has 0 bridgehead atoms. The number of benzene rings is 1. The lowest BCUT2D eigenvalue weighted by Gasteiger charge is -2.08. The molecule has 1 rings (SSSR count). The molecule has 1 aromatic rings. The van der Waals surface area contributed by atoms with Crippen molar-refractivity contribution in [1.82, 2.24) is 0 Å². The molecule has 0 fully saturated rings. The van der Waals surface area contributed by atoms with Crippen LogP contribution in [-0.4, -0.2) is 12.4 Å². The quantitative estimate of drug-likeness (QED) is 0.726. The van der Waals surface area contributed by atoms with E-state index < -0.39 is 5.82 Å². The summed E-state index contributed by atoms with van der Waals surface area (Å²) in [7, 11) is 0. The van der Waals surface area contributed by atoms with Crippen LogP contribution in [0.3, 0.4) is 0 Å². The number of hydrogen-bond acceptors (Lipinski definition) is 2. The summed E-state index contributed by atoms with van der Waals surface area (Å²) in [5, 5.41) is 0.175. The number of hydrogen-bond donors (Lipinski definition) is 0. The second-order valence-electron chi connectivity index (χ2n) is 2.73. The number of halogens is 2. The molecule has 0 aliphatic heterocycles. The van der Waals surface area contributed by atoms with Crippen LogP contribution in [0.15, 0.2) is 12.1 Å². The molecule has 0 atom stereocenters. The summed E-state index contributed by atoms with van der Waals surface area (Å²) < 4.78 is 18.5. The topological polar surface area (TPSA) is 26.3 Å². The van der Waals surface area contributed by atoms with E-state index in [1.165, 1.54) is 19.1 Å². The van der Waals surface area contributed by atoms with Crippen LogP contribution in [0.5, 0.6) is 5.75 Å². The molecule has 0 heterocycles. The number of rotatable bonds is 3. The van der Waals surface area contributed by atoms with Gasteiger partial charge >= 0.3 is 0 Å². The van der Waals surface area contributed by atoms with Gasteiger partial charge in [0.25, 0.3) is 0 Å². The summed E-state index contributed by atoms with van der Waals surface area (Å²) in [5.74, 6) is -1.09. The first-order valence-corrected chi connectivity index (χ1v) is 4.57. The summed E-state index contributed by atoms with van der Waals surface area (Å²) in [4.78, 5) is 11.0. The van der Waals surface area contributed by atoms with E-state index >= 15 is 0 Å². The van der Waals surface area contributed by atoms with E-state index in [0.29, 0.717) is 6.61 Å². The second-order valence-corrected chi connectivity index (χ2v) is 3.13. The van der Waals surface area contributed by atoms with Gasteiger partial charge in [-0.1, -0.05) is 11.6 Å². The van der Waals surface area contributed by atoms with E-state index in [-0.39, 0.29) is 22.1 Å². The summed E-state index contributed by atoms with van der Waals surface area (Å²) >= 11 is 5.71. The van der Waals surface area contributed by atoms with Crippen molar-refractivity contribution in [3.8, 4) is 5.75 Å². The first-order chi connectivity index (χ1) is 6.57. The van der Waals surface area contributed by atoms with Gasteiger partial charge in [0.1, 0.15) is 0 Å². The van der Waals surface area contributed by atoms with Crippen molar-refractivity contribution in [1.29, 1.82) is 0 Å². The number of carbonyl (C=O) groups is 1. The Balaban J connectivity index is 3.26. The lowest BCUT2D eigenvalue weighted by Crippen LogP contribution is -2.02. The Morgan fingerprint density at radius 2 is 2.21 bits per heavy atom. The molecule has 0 spiro atoms. The molecule has 0 aliphatic carbocycles. The van der Waals surface area contributed by atoms with E-state index in [4.69, 9.17) is 16.3 Å². The predicted molar refractivity (Wildman–Crippen MR) is 52.6 cm³/mol. The highest BCUT2D eigenvalue weighted by molar-refractivity contribution is 6.32. The first-order valence-electron chi connectivity index (χ1n) is 4.19. The standard InChI is InChI=1S/C10H10ClFO2/c1-3-14-10-8(11)5-4-7(6(2)13)9(10)12/h4-5H,3H2,1-2H3. The molecule has 0 aromatic heterocycles. The fraction of sp³-hybridized carbons (Fsp3) is 0.300. The van der Waals surface area contributed by atoms with Crippen LogP contribution < -0.4 is 4.74 Å². The third kappa shape index (κ3) is 2.04. The van der Waals surface area contributed by atoms with Crippen molar-refractivity contribution >= 4 is 17.4 Å². The Kier molecular flexibility index (Phi) is 3.47. The van der Waals surface area contributed by atoms with E-state index in [2.05, 4.69) is 0 Å². The van der Waals surface area contributed by atoms with Gasteiger partial charge in [-0.2, -0.15) is 0 Å². The van der Waals surface area contributed by atoms with Gasteiger partial charge in [-0.25, -0.2) is 4.39 Å². The van der Waals surface area contributed by atoms with Crippen LogP contribution in [-0.2, 0) is 0 Å². The van der Waals surface area contributed by atoms with E-state index in [1.54, 1.807) is 6.92 Å². The first kappa shape index (κ1) is 11.0. The Morgan fingerprint density at radius 1 is 1.57 bits per heavy atom. The second kappa shape index (κ2) is 4.42. The fourth-order valence-corrected chi connectivity index (χ4v) is 1.28. The van der Waals surface area contributed by atoms with Crippen LogP contribution in [0.1, 0.15) is 24.2 Å². The Bertz CT molecular complexity index is 363. The molecule has 14 heavy (non-hydrogen) atoms. The minimum Gasteiger partial charge on any atom is -0.489 e. The number of Topliss-reactive ketones (excluding diaryl/α,β-unsaturated/α-hetero) is 1. The summed E-state index contributed by atoms with van der Waals surface area (Å²) in [6.07, 6.45) is 0. The van der Waals surface area contributed by atoms with E-state index in [1.807, 2.05) is 0 Å². The average Bonchev–Trinajstić information content (AvgIpc) is 2.11. The van der Waals surface area contributed by atoms with Crippen molar-refractivity contribution in [2.45, 2.75) is 13.8 Å². The van der Waals surface area contributed by atoms with E-state index in [0.717, 1.165) is 0 Å². The monoisotopic (exact) mass is 216 g/mol. The van der Waals surface area contributed by atoms with Crippen LogP contribution >= 0.6 is 11.6 Å². The van der Waals surface area contributed by atoms with Gasteiger partial charge in [0.05, 0.1) is 17.2 Å². The van der Waals surface area contributed by atoms with Crippen molar-refractivity contribution in [2.24, 2.45) is 0 Å². The zero-order chi connectivity index (χ0) is 10.7. The van der Waals surface area contributed by atoms with Gasteiger partial charge in [-0.15, -0.1) is 0 Å². The summed E-state index contributed by atoms with van der Waals surface area (Å²) in [5.41, 5.74) is -0.00199. The molecule has 2 nitrogen and oxygen atoms in total. The predicted octanol–water partition coefficient (Wildman–Crippen LogP) is 3.08. The Morgan fingerprint density at radius 3 is 2.71 bits per heavy atom. The molecule has 0 aliphatic rings. The SMILES string of the molecule is CCOc1c(Cl)ccc(C(C)=O)c1F. The minimum atomic E-state index is -0.688. The van der Waals surface area contributed by atoms with Gasteiger partial charge in [-0.3, -0.25) is 4.79 Å². The van der Waals surface area contributed by atoms with Crippen molar-refractivity contribution in [3.05, 3.63) is 28.5 Å². The third-order valence-electron chi connectivity index (χ3n) is 1.72. The van der Waals surface area contributed by atoms with Gasteiger partial charge in [-0.05, 0) is 26.0 Å². The lowest BCUT2D eigenvalue weighted by atomic mass is 10.1. The minimum absolute atomic E-state index is 0.00199. The molecule has 76 valence electrons. The van der Waals surface area contributed by atoms with Crippen molar-refractivity contribution in [3.63, 3.8) is 0 Å². The van der Waals surface area contributed by atoms with Gasteiger partial charge in [0.15, 0.2) is 17.3 Å². The fourth-order valence-electron chi connectivity index (χ4n) is 1.08. The molecule has 0 unspecified atom stereocenters. The molecule has 0 saturated heterocycles. The van der Waals surface area contributed by atoms with Crippen molar-refractivity contribution in [2.75, 3.05) is 6.61 Å². The largest absolute Gasteiger partial charge is 0.489 e. The van der Waals surface area contributed by atoms with E-state index in [9.17, 15) is 9.18 Å². The normalized spacial score (nSPS) is 10.0. The molecule has 0 N–H and O–H groups in total. The highest BCUT2D eigenvalue weighted by atomic mass is 35.5. The van der Waals surface area contributed by atoms with Gasteiger partial charge < -0.3 is 4.74 Å². The zero-order valence-electron chi connectivity index (χ0n) is 7.93. The van der Waals surface area contributed by atoms with Crippen molar-refractivity contribution < 1.29 is 13.9 Å². The maximum Gasteiger partial charge on any atom is 0.177 e. The Labute approximate surface area is 86.6 Å². The molecule has 1 aromatic carbocycles. The molecule has 4 heteroatoms. The third-order valence-corrected chi connectivity index (χ3v) is 2.01. The van der Waals surface area contributed by atoms with Crippen LogP contribution in [0, 0.1) is 5.82 Å². The molecule has 0 amide bonds. The highest BCUT2D eigenvalue weighted by Crippen LogP contribution is 2.30. The lowest BCUT2D eigenvalue weighted by molar-refractivity contribution is 0.101. The van der Waals surface area contributed by atoms with Gasteiger partial charge in [0, 0.05) is 0 Å². The van der Waals surface area contributed by atoms with Crippen LogP contribution in [0.25, 0.3) is 0 Å². The number of ether oxygens (including phenoxy) is 1. The molecule has 0 saturated carbocycles. The number of carbonyl (C=O) groups excluding carboxylic acids is 1. The highest BCUT2D eigenvalue weighted by Gasteiger charge is 2.15. The summed E-state index contributed by atoms with van der Waals surface area (Å²) in [6, 6.07) is 2.80. The average molecular weight is 217 g/mol. The smallest absolute Gasteiger partial charge is 0.177 e. The van der Waals surface area contributed by atoms with Crippen LogP contribution in [0.4, 0.5) is 4.39 Å².